The molecule has 1 unspecified atom stereocenters. The minimum Gasteiger partial charge on any atom is -0.486 e. The summed E-state index contributed by atoms with van der Waals surface area (Å²) in [5.74, 6) is -1.36. The number of aryl methyl sites for hydroxylation is 1. The summed E-state index contributed by atoms with van der Waals surface area (Å²) in [6.07, 6.45) is 1.000. The Morgan fingerprint density at radius 3 is 2.58 bits per heavy atom. The van der Waals surface area contributed by atoms with Crippen LogP contribution in [0, 0.1) is 11.6 Å². The van der Waals surface area contributed by atoms with Gasteiger partial charge in [0.2, 0.25) is 5.91 Å². The van der Waals surface area contributed by atoms with E-state index in [1.165, 1.54) is 30.3 Å². The van der Waals surface area contributed by atoms with Crippen LogP contribution in [0.2, 0.25) is 0 Å². The highest BCUT2D eigenvalue weighted by atomic mass is 19.1. The number of halogens is 2. The summed E-state index contributed by atoms with van der Waals surface area (Å²) in [6, 6.07) is 12.1. The van der Waals surface area contributed by atoms with Gasteiger partial charge in [0, 0.05) is 28.2 Å². The van der Waals surface area contributed by atoms with Gasteiger partial charge in [-0.25, -0.2) is 8.78 Å². The highest BCUT2D eigenvalue weighted by Gasteiger charge is 2.34. The van der Waals surface area contributed by atoms with Crippen LogP contribution in [0.15, 0.2) is 48.5 Å². The fourth-order valence-electron chi connectivity index (χ4n) is 4.67. The number of carbonyl (C=O) groups excluding carboxylic acids is 2. The summed E-state index contributed by atoms with van der Waals surface area (Å²) < 4.78 is 33.3. The SMILES string of the molecule is O=C1Nc2ccc(F)cc2C1=C1OCc2nc(CCC3C(=O)Nc4ccc(F)cc43)ccc21. The molecule has 8 heteroatoms. The van der Waals surface area contributed by atoms with Crippen molar-refractivity contribution in [2.45, 2.75) is 25.4 Å². The van der Waals surface area contributed by atoms with E-state index >= 15 is 0 Å². The molecule has 4 heterocycles. The average Bonchev–Trinajstić information content (AvgIpc) is 3.43. The summed E-state index contributed by atoms with van der Waals surface area (Å²) in [5, 5.41) is 5.52. The zero-order valence-corrected chi connectivity index (χ0v) is 17.2. The van der Waals surface area contributed by atoms with E-state index in [1.54, 1.807) is 6.07 Å². The Kier molecular flexibility index (Phi) is 4.29. The predicted molar refractivity (Wildman–Crippen MR) is 117 cm³/mol. The molecule has 3 aliphatic rings. The molecule has 0 saturated heterocycles. The normalized spacial score (nSPS) is 20.1. The summed E-state index contributed by atoms with van der Waals surface area (Å²) >= 11 is 0. The molecule has 164 valence electrons. The number of amides is 2. The molecule has 1 atom stereocenters. The third-order valence-corrected chi connectivity index (χ3v) is 6.24. The molecular formula is C25H17F2N3O3. The van der Waals surface area contributed by atoms with Crippen molar-refractivity contribution in [3.8, 4) is 0 Å². The molecule has 6 nitrogen and oxygen atoms in total. The van der Waals surface area contributed by atoms with E-state index in [1.807, 2.05) is 12.1 Å². The second kappa shape index (κ2) is 7.23. The third-order valence-electron chi connectivity index (χ3n) is 6.24. The Bertz CT molecular complexity index is 1400. The summed E-state index contributed by atoms with van der Waals surface area (Å²) in [4.78, 5) is 29.6. The molecule has 0 fully saturated rings. The van der Waals surface area contributed by atoms with Crippen molar-refractivity contribution in [2.75, 3.05) is 10.6 Å². The lowest BCUT2D eigenvalue weighted by Crippen LogP contribution is -2.13. The summed E-state index contributed by atoms with van der Waals surface area (Å²) in [7, 11) is 0. The largest absolute Gasteiger partial charge is 0.486 e. The molecule has 1 aromatic heterocycles. The summed E-state index contributed by atoms with van der Waals surface area (Å²) in [6.45, 7) is 0.192. The maximum atomic E-state index is 13.8. The van der Waals surface area contributed by atoms with Gasteiger partial charge < -0.3 is 15.4 Å². The minimum atomic E-state index is -0.438. The standard InChI is InChI=1S/C25H17F2N3O3/c26-12-1-7-19-17(9-12)15(24(31)29-19)5-3-14-4-6-16-21(28-14)11-33-23(16)22-18-10-13(27)2-8-20(18)30-25(22)32/h1-2,4,6-10,15H,3,5,11H2,(H,29,31)(H,30,32). The Morgan fingerprint density at radius 1 is 0.939 bits per heavy atom. The number of aromatic nitrogens is 1. The molecule has 0 spiro atoms. The van der Waals surface area contributed by atoms with Crippen LogP contribution in [0.4, 0.5) is 20.2 Å². The first-order valence-electron chi connectivity index (χ1n) is 10.6. The van der Waals surface area contributed by atoms with Crippen LogP contribution in [-0.4, -0.2) is 16.8 Å². The van der Waals surface area contributed by atoms with Crippen LogP contribution in [-0.2, 0) is 27.4 Å². The van der Waals surface area contributed by atoms with Gasteiger partial charge in [-0.1, -0.05) is 0 Å². The second-order valence-electron chi connectivity index (χ2n) is 8.25. The lowest BCUT2D eigenvalue weighted by Gasteiger charge is -2.09. The van der Waals surface area contributed by atoms with E-state index in [0.29, 0.717) is 57.9 Å². The molecule has 0 bridgehead atoms. The topological polar surface area (TPSA) is 80.3 Å². The monoisotopic (exact) mass is 445 g/mol. The van der Waals surface area contributed by atoms with Gasteiger partial charge in [0.1, 0.15) is 24.0 Å². The van der Waals surface area contributed by atoms with Gasteiger partial charge in [0.25, 0.3) is 5.91 Å². The Labute approximate surface area is 187 Å². The van der Waals surface area contributed by atoms with Crippen LogP contribution < -0.4 is 10.6 Å². The van der Waals surface area contributed by atoms with E-state index in [9.17, 15) is 18.4 Å². The highest BCUT2D eigenvalue weighted by Crippen LogP contribution is 2.41. The molecule has 0 aliphatic carbocycles. The number of rotatable bonds is 3. The molecule has 3 aliphatic heterocycles. The highest BCUT2D eigenvalue weighted by molar-refractivity contribution is 6.36. The number of hydrogen-bond acceptors (Lipinski definition) is 4. The molecule has 2 aromatic carbocycles. The number of nitrogens with one attached hydrogen (secondary N) is 2. The smallest absolute Gasteiger partial charge is 0.260 e. The number of nitrogens with zero attached hydrogens (tertiary/aromatic N) is 1. The van der Waals surface area contributed by atoms with Crippen LogP contribution in [0.3, 0.4) is 0 Å². The van der Waals surface area contributed by atoms with E-state index in [-0.39, 0.29) is 24.2 Å². The number of anilines is 2. The van der Waals surface area contributed by atoms with Gasteiger partial charge in [0.05, 0.1) is 17.2 Å². The van der Waals surface area contributed by atoms with Crippen LogP contribution >= 0.6 is 0 Å². The molecular weight excluding hydrogens is 428 g/mol. The third kappa shape index (κ3) is 3.17. The molecule has 6 rings (SSSR count). The predicted octanol–water partition coefficient (Wildman–Crippen LogP) is 4.38. The maximum Gasteiger partial charge on any atom is 0.260 e. The van der Waals surface area contributed by atoms with Crippen molar-refractivity contribution < 1.29 is 23.1 Å². The quantitative estimate of drug-likeness (QED) is 0.587. The molecule has 3 aromatic rings. The minimum absolute atomic E-state index is 0.148. The average molecular weight is 445 g/mol. The lowest BCUT2D eigenvalue weighted by molar-refractivity contribution is -0.117. The van der Waals surface area contributed by atoms with Gasteiger partial charge in [0.15, 0.2) is 0 Å². The van der Waals surface area contributed by atoms with E-state index in [4.69, 9.17) is 4.74 Å². The zero-order chi connectivity index (χ0) is 22.7. The van der Waals surface area contributed by atoms with Crippen molar-refractivity contribution in [1.82, 2.24) is 4.98 Å². The first kappa shape index (κ1) is 19.6. The van der Waals surface area contributed by atoms with E-state index in [2.05, 4.69) is 15.6 Å². The molecule has 2 amide bonds. The van der Waals surface area contributed by atoms with E-state index in [0.717, 1.165) is 5.69 Å². The van der Waals surface area contributed by atoms with Crippen LogP contribution in [0.1, 0.15) is 40.4 Å². The first-order valence-corrected chi connectivity index (χ1v) is 10.6. The number of ether oxygens (including phenoxy) is 1. The van der Waals surface area contributed by atoms with E-state index < -0.39 is 11.7 Å². The number of hydrogen-bond donors (Lipinski definition) is 2. The summed E-state index contributed by atoms with van der Waals surface area (Å²) in [5.41, 5.74) is 4.73. The molecule has 2 N–H and O–H groups in total. The van der Waals surface area contributed by atoms with Gasteiger partial charge in [-0.15, -0.1) is 0 Å². The Hall–Kier alpha value is -4.07. The zero-order valence-electron chi connectivity index (χ0n) is 17.2. The van der Waals surface area contributed by atoms with Gasteiger partial charge in [-0.05, 0) is 66.9 Å². The number of pyridine rings is 1. The fourth-order valence-corrected chi connectivity index (χ4v) is 4.67. The first-order chi connectivity index (χ1) is 16.0. The molecule has 33 heavy (non-hydrogen) atoms. The number of benzene rings is 2. The van der Waals surface area contributed by atoms with Crippen molar-refractivity contribution in [3.63, 3.8) is 0 Å². The van der Waals surface area contributed by atoms with Crippen molar-refractivity contribution in [1.29, 1.82) is 0 Å². The van der Waals surface area contributed by atoms with Crippen LogP contribution in [0.5, 0.6) is 0 Å². The maximum absolute atomic E-state index is 13.8. The Morgan fingerprint density at radius 2 is 1.73 bits per heavy atom. The van der Waals surface area contributed by atoms with Gasteiger partial charge in [-0.2, -0.15) is 0 Å². The Balaban J connectivity index is 1.27. The lowest BCUT2D eigenvalue weighted by atomic mass is 9.94. The molecule has 0 saturated carbocycles. The number of carbonyl (C=O) groups is 2. The van der Waals surface area contributed by atoms with Crippen molar-refractivity contribution in [2.24, 2.45) is 0 Å². The van der Waals surface area contributed by atoms with Gasteiger partial charge >= 0.3 is 0 Å². The number of fused-ring (bicyclic) bond motifs is 3. The van der Waals surface area contributed by atoms with Crippen molar-refractivity contribution in [3.05, 3.63) is 88.2 Å². The van der Waals surface area contributed by atoms with Crippen molar-refractivity contribution >= 4 is 34.5 Å². The second-order valence-corrected chi connectivity index (χ2v) is 8.25. The van der Waals surface area contributed by atoms with Crippen LogP contribution in [0.25, 0.3) is 11.3 Å². The molecule has 0 radical (unpaired) electrons. The fraction of sp³-hybridized carbons (Fsp3) is 0.160. The van der Waals surface area contributed by atoms with Gasteiger partial charge in [-0.3, -0.25) is 14.6 Å².